The van der Waals surface area contributed by atoms with Gasteiger partial charge in [-0.3, -0.25) is 4.79 Å². The van der Waals surface area contributed by atoms with Crippen LogP contribution in [-0.4, -0.2) is 36.0 Å². The fourth-order valence-electron chi connectivity index (χ4n) is 0.796. The predicted molar refractivity (Wildman–Crippen MR) is 59.2 cm³/mol. The zero-order valence-electron chi connectivity index (χ0n) is 8.90. The minimum atomic E-state index is -1.41. The molecule has 0 fully saturated rings. The van der Waals surface area contributed by atoms with Crippen LogP contribution >= 0.6 is 8.15 Å². The molecule has 0 aromatic rings. The molecule has 2 unspecified atom stereocenters. The second-order valence-electron chi connectivity index (χ2n) is 3.02. The number of hydrogen-bond donors (Lipinski definition) is 2. The van der Waals surface area contributed by atoms with E-state index in [0.717, 1.165) is 0 Å². The van der Waals surface area contributed by atoms with Gasteiger partial charge in [-0.15, -0.1) is 0 Å². The van der Waals surface area contributed by atoms with Gasteiger partial charge in [0.15, 0.2) is 0 Å². The highest BCUT2D eigenvalue weighted by Gasteiger charge is 2.12. The molecule has 6 heteroatoms. The van der Waals surface area contributed by atoms with Crippen molar-refractivity contribution in [3.63, 3.8) is 0 Å². The molecular formula is C9H16NO4P. The van der Waals surface area contributed by atoms with E-state index in [9.17, 15) is 9.59 Å². The van der Waals surface area contributed by atoms with Gasteiger partial charge in [-0.2, -0.15) is 0 Å². The Morgan fingerprint density at radius 1 is 1.67 bits per heavy atom. The summed E-state index contributed by atoms with van der Waals surface area (Å²) in [5, 5.41) is 11.2. The van der Waals surface area contributed by atoms with Gasteiger partial charge in [0.05, 0.1) is 6.61 Å². The Kier molecular flexibility index (Phi) is 6.92. The summed E-state index contributed by atoms with van der Waals surface area (Å²) in [6.07, 6.45) is 1.78. The Morgan fingerprint density at radius 2 is 2.27 bits per heavy atom. The highest BCUT2D eigenvalue weighted by Crippen LogP contribution is 2.32. The molecule has 0 saturated heterocycles. The van der Waals surface area contributed by atoms with E-state index in [-0.39, 0.29) is 11.9 Å². The first-order chi connectivity index (χ1) is 6.97. The molecule has 0 rings (SSSR count). The van der Waals surface area contributed by atoms with Gasteiger partial charge in [0, 0.05) is 6.04 Å². The predicted octanol–water partition coefficient (Wildman–Crippen LogP) is 1.79. The van der Waals surface area contributed by atoms with Crippen molar-refractivity contribution in [2.45, 2.75) is 19.4 Å². The highest BCUT2D eigenvalue weighted by molar-refractivity contribution is 7.69. The van der Waals surface area contributed by atoms with Crippen molar-refractivity contribution >= 4 is 19.8 Å². The Balaban J connectivity index is 3.63. The maximum absolute atomic E-state index is 10.9. The van der Waals surface area contributed by atoms with E-state index in [2.05, 4.69) is 11.9 Å². The number of amides is 1. The lowest BCUT2D eigenvalue weighted by Crippen LogP contribution is -2.31. The molecule has 1 amide bonds. The molecule has 5 nitrogen and oxygen atoms in total. The van der Waals surface area contributed by atoms with E-state index in [1.807, 2.05) is 6.92 Å². The molecule has 15 heavy (non-hydrogen) atoms. The summed E-state index contributed by atoms with van der Waals surface area (Å²) < 4.78 is 5.08. The van der Waals surface area contributed by atoms with Crippen molar-refractivity contribution in [2.75, 3.05) is 13.3 Å². The second kappa shape index (κ2) is 7.37. The van der Waals surface area contributed by atoms with Crippen LogP contribution in [0.5, 0.6) is 0 Å². The van der Waals surface area contributed by atoms with Gasteiger partial charge in [-0.1, -0.05) is 6.58 Å². The van der Waals surface area contributed by atoms with Crippen LogP contribution in [0.3, 0.4) is 0 Å². The average molecular weight is 233 g/mol. The molecule has 0 aromatic carbocycles. The van der Waals surface area contributed by atoms with Gasteiger partial charge in [0.25, 0.3) is 0 Å². The maximum atomic E-state index is 10.9. The Morgan fingerprint density at radius 3 is 2.73 bits per heavy atom. The lowest BCUT2D eigenvalue weighted by atomic mass is 10.2. The van der Waals surface area contributed by atoms with E-state index in [4.69, 9.17) is 9.63 Å². The zero-order valence-corrected chi connectivity index (χ0v) is 9.79. The van der Waals surface area contributed by atoms with Crippen molar-refractivity contribution in [3.05, 3.63) is 12.7 Å². The average Bonchev–Trinajstić information content (AvgIpc) is 2.17. The Hall–Kier alpha value is -0.930. The van der Waals surface area contributed by atoms with Crippen LogP contribution in [0.2, 0.25) is 0 Å². The van der Waals surface area contributed by atoms with Gasteiger partial charge in [0.2, 0.25) is 5.91 Å². The highest BCUT2D eigenvalue weighted by atomic mass is 31.1. The minimum absolute atomic E-state index is 0.0484. The topological polar surface area (TPSA) is 75.6 Å². The summed E-state index contributed by atoms with van der Waals surface area (Å²) in [7, 11) is -1.41. The van der Waals surface area contributed by atoms with Gasteiger partial charge in [0.1, 0.15) is 8.15 Å². The summed E-state index contributed by atoms with van der Waals surface area (Å²) in [4.78, 5) is 21.3. The fraction of sp³-hybridized carbons (Fsp3) is 0.556. The molecule has 86 valence electrons. The summed E-state index contributed by atoms with van der Waals surface area (Å²) >= 11 is 0. The standard InChI is InChI=1S/C9H16NO4P/c1-4-8(11)10-7(2)5-6-14-15(3)9(12)13/h4,7H,1,5-6H2,2-3H3,(H,10,11)(H,12,13). The van der Waals surface area contributed by atoms with Crippen molar-refractivity contribution in [3.8, 4) is 0 Å². The monoisotopic (exact) mass is 233 g/mol. The van der Waals surface area contributed by atoms with Gasteiger partial charge < -0.3 is 14.9 Å². The Bertz CT molecular complexity index is 244. The molecule has 2 atom stereocenters. The molecule has 0 aliphatic rings. The van der Waals surface area contributed by atoms with Crippen LogP contribution in [0.4, 0.5) is 4.79 Å². The number of carbonyl (C=O) groups excluding carboxylic acids is 1. The number of rotatable bonds is 7. The molecular weight excluding hydrogens is 217 g/mol. The van der Waals surface area contributed by atoms with Crippen LogP contribution in [0.25, 0.3) is 0 Å². The molecule has 0 aliphatic heterocycles. The summed E-state index contributed by atoms with van der Waals surface area (Å²) in [5.74, 6) is -0.237. The quantitative estimate of drug-likeness (QED) is 0.519. The first-order valence-corrected chi connectivity index (χ1v) is 6.20. The first-order valence-electron chi connectivity index (χ1n) is 4.50. The zero-order chi connectivity index (χ0) is 11.8. The molecule has 0 bridgehead atoms. The smallest absolute Gasteiger partial charge is 0.351 e. The van der Waals surface area contributed by atoms with E-state index in [1.165, 1.54) is 12.7 Å². The van der Waals surface area contributed by atoms with Gasteiger partial charge in [-0.25, -0.2) is 4.79 Å². The summed E-state index contributed by atoms with van der Waals surface area (Å²) in [5.41, 5.74) is -0.923. The number of nitrogens with one attached hydrogen (secondary N) is 1. The van der Waals surface area contributed by atoms with Crippen LogP contribution in [0.15, 0.2) is 12.7 Å². The van der Waals surface area contributed by atoms with Crippen LogP contribution in [-0.2, 0) is 9.32 Å². The normalized spacial score (nSPS) is 14.0. The maximum Gasteiger partial charge on any atom is 0.351 e. The molecule has 0 spiro atoms. The van der Waals surface area contributed by atoms with Crippen LogP contribution < -0.4 is 5.32 Å². The second-order valence-corrected chi connectivity index (χ2v) is 4.65. The summed E-state index contributed by atoms with van der Waals surface area (Å²) in [6, 6.07) is -0.0484. The molecule has 0 heterocycles. The van der Waals surface area contributed by atoms with E-state index in [1.54, 1.807) is 0 Å². The van der Waals surface area contributed by atoms with E-state index < -0.39 is 13.9 Å². The Labute approximate surface area is 90.3 Å². The van der Waals surface area contributed by atoms with Crippen LogP contribution in [0.1, 0.15) is 13.3 Å². The van der Waals surface area contributed by atoms with Gasteiger partial charge in [-0.05, 0) is 26.1 Å². The number of hydrogen-bond acceptors (Lipinski definition) is 3. The number of carbonyl (C=O) groups is 2. The van der Waals surface area contributed by atoms with Crippen LogP contribution in [0, 0.1) is 0 Å². The number of carboxylic acid groups (broad SMARTS) is 1. The lowest BCUT2D eigenvalue weighted by Gasteiger charge is -2.13. The van der Waals surface area contributed by atoms with Crippen molar-refractivity contribution in [2.24, 2.45) is 0 Å². The van der Waals surface area contributed by atoms with E-state index in [0.29, 0.717) is 13.0 Å². The molecule has 0 aromatic heterocycles. The van der Waals surface area contributed by atoms with Crippen molar-refractivity contribution in [1.82, 2.24) is 5.32 Å². The largest absolute Gasteiger partial charge is 0.476 e. The molecule has 2 N–H and O–H groups in total. The minimum Gasteiger partial charge on any atom is -0.476 e. The molecule has 0 saturated carbocycles. The third-order valence-corrected chi connectivity index (χ3v) is 2.79. The SMILES string of the molecule is C=CC(=O)NC(C)CCOP(C)C(=O)O. The third kappa shape index (κ3) is 7.05. The molecule has 0 aliphatic carbocycles. The fourth-order valence-corrected chi connectivity index (χ4v) is 1.29. The lowest BCUT2D eigenvalue weighted by molar-refractivity contribution is -0.117. The first kappa shape index (κ1) is 14.1. The summed E-state index contributed by atoms with van der Waals surface area (Å²) in [6.45, 7) is 7.01. The van der Waals surface area contributed by atoms with E-state index >= 15 is 0 Å². The van der Waals surface area contributed by atoms with Gasteiger partial charge >= 0.3 is 5.71 Å². The van der Waals surface area contributed by atoms with Crippen molar-refractivity contribution in [1.29, 1.82) is 0 Å². The molecule has 0 radical (unpaired) electrons. The van der Waals surface area contributed by atoms with Crippen molar-refractivity contribution < 1.29 is 19.2 Å². The third-order valence-electron chi connectivity index (χ3n) is 1.68.